The summed E-state index contributed by atoms with van der Waals surface area (Å²) < 4.78 is 5.27. The van der Waals surface area contributed by atoms with Gasteiger partial charge >= 0.3 is 6.03 Å². The smallest absolute Gasteiger partial charge is 0.321 e. The number of carbonyl (C=O) groups excluding carboxylic acids is 2. The van der Waals surface area contributed by atoms with Crippen LogP contribution in [0.4, 0.5) is 10.5 Å². The highest BCUT2D eigenvalue weighted by Crippen LogP contribution is 2.28. The van der Waals surface area contributed by atoms with E-state index in [0.29, 0.717) is 40.2 Å². The lowest BCUT2D eigenvalue weighted by Gasteiger charge is -2.28. The summed E-state index contributed by atoms with van der Waals surface area (Å²) in [7, 11) is 1.55. The van der Waals surface area contributed by atoms with E-state index in [-0.39, 0.29) is 18.5 Å². The molecule has 1 aliphatic heterocycles. The van der Waals surface area contributed by atoms with E-state index >= 15 is 0 Å². The third-order valence-electron chi connectivity index (χ3n) is 5.01. The fourth-order valence-corrected chi connectivity index (χ4v) is 3.94. The van der Waals surface area contributed by atoms with Gasteiger partial charge in [0, 0.05) is 30.8 Å². The van der Waals surface area contributed by atoms with Gasteiger partial charge in [0.25, 0.3) is 5.91 Å². The molecule has 0 spiro atoms. The third kappa shape index (κ3) is 4.61. The molecule has 2 heterocycles. The van der Waals surface area contributed by atoms with Gasteiger partial charge in [0.15, 0.2) is 0 Å². The van der Waals surface area contributed by atoms with Crippen molar-refractivity contribution in [3.05, 3.63) is 57.8 Å². The molecule has 0 radical (unpaired) electrons. The molecule has 2 aromatic carbocycles. The number of aromatic nitrogens is 2. The Hall–Kier alpha value is -2.81. The summed E-state index contributed by atoms with van der Waals surface area (Å²) in [5.74, 6) is 0.220. The second-order valence-corrected chi connectivity index (χ2v) is 8.01. The first-order valence-corrected chi connectivity index (χ1v) is 10.5. The minimum Gasteiger partial charge on any atom is -0.382 e. The summed E-state index contributed by atoms with van der Waals surface area (Å²) in [5, 5.41) is 6.62. The zero-order valence-corrected chi connectivity index (χ0v) is 18.3. The monoisotopic (exact) mass is 461 g/mol. The van der Waals surface area contributed by atoms with E-state index in [2.05, 4.69) is 20.6 Å². The van der Waals surface area contributed by atoms with Crippen molar-refractivity contribution in [2.24, 2.45) is 0 Å². The highest BCUT2D eigenvalue weighted by molar-refractivity contribution is 6.34. The molecular weight excluding hydrogens is 441 g/mol. The minimum atomic E-state index is -0.505. The number of H-pyrrole nitrogens is 1. The van der Waals surface area contributed by atoms with E-state index in [1.165, 1.54) is 0 Å². The van der Waals surface area contributed by atoms with Crippen LogP contribution in [0.5, 0.6) is 0 Å². The quantitative estimate of drug-likeness (QED) is 0.517. The average Bonchev–Trinajstić information content (AvgIpc) is 3.17. The van der Waals surface area contributed by atoms with Gasteiger partial charge in [-0.05, 0) is 42.8 Å². The molecule has 1 unspecified atom stereocenters. The minimum absolute atomic E-state index is 0.199. The number of aromatic amines is 1. The van der Waals surface area contributed by atoms with Crippen LogP contribution < -0.4 is 15.5 Å². The van der Waals surface area contributed by atoms with Gasteiger partial charge in [-0.15, -0.1) is 0 Å². The SMILES string of the molecule is COCC(NC(=O)c1ccc(N2CCCNC2=O)c(Cl)c1)c1nc2ccc(Cl)cc2[nH]1. The number of fused-ring (bicyclic) bond motifs is 1. The molecule has 1 fully saturated rings. The first-order valence-electron chi connectivity index (χ1n) is 9.76. The Bertz CT molecular complexity index is 1130. The number of carbonyl (C=O) groups is 2. The van der Waals surface area contributed by atoms with Crippen molar-refractivity contribution in [3.8, 4) is 0 Å². The molecule has 3 aromatic rings. The van der Waals surface area contributed by atoms with Gasteiger partial charge in [-0.1, -0.05) is 23.2 Å². The number of urea groups is 1. The second kappa shape index (κ2) is 9.13. The molecule has 3 N–H and O–H groups in total. The standard InChI is InChI=1S/C21H21Cl2N5O3/c1-31-11-17(19-25-15-5-4-13(22)10-16(15)26-19)27-20(29)12-3-6-18(14(23)9-12)28-8-2-7-24-21(28)30/h3-6,9-10,17H,2,7-8,11H2,1H3,(H,24,30)(H,25,26)(H,27,29). The van der Waals surface area contributed by atoms with E-state index in [4.69, 9.17) is 27.9 Å². The second-order valence-electron chi connectivity index (χ2n) is 7.17. The van der Waals surface area contributed by atoms with Crippen molar-refractivity contribution in [1.29, 1.82) is 0 Å². The first-order chi connectivity index (χ1) is 15.0. The maximum absolute atomic E-state index is 12.9. The van der Waals surface area contributed by atoms with Crippen molar-refractivity contribution >= 4 is 51.9 Å². The summed E-state index contributed by atoms with van der Waals surface area (Å²) in [4.78, 5) is 34.3. The molecular formula is C21H21Cl2N5O3. The van der Waals surface area contributed by atoms with Crippen LogP contribution in [-0.2, 0) is 4.74 Å². The van der Waals surface area contributed by atoms with E-state index in [0.717, 1.165) is 17.5 Å². The molecule has 4 rings (SSSR count). The normalized spacial score (nSPS) is 15.1. The van der Waals surface area contributed by atoms with Crippen LogP contribution in [-0.4, -0.2) is 48.7 Å². The lowest BCUT2D eigenvalue weighted by molar-refractivity contribution is 0.0892. The number of methoxy groups -OCH3 is 1. The Labute approximate surface area is 188 Å². The van der Waals surface area contributed by atoms with Crippen molar-refractivity contribution in [1.82, 2.24) is 20.6 Å². The summed E-state index contributed by atoms with van der Waals surface area (Å²) >= 11 is 12.4. The average molecular weight is 462 g/mol. The molecule has 0 bridgehead atoms. The molecule has 1 aliphatic rings. The van der Waals surface area contributed by atoms with Gasteiger partial charge in [-0.2, -0.15) is 0 Å². The van der Waals surface area contributed by atoms with Crippen LogP contribution in [0.2, 0.25) is 10.0 Å². The lowest BCUT2D eigenvalue weighted by Crippen LogP contribution is -2.46. The number of imidazole rings is 1. The number of nitrogens with zero attached hydrogens (tertiary/aromatic N) is 2. The van der Waals surface area contributed by atoms with Crippen molar-refractivity contribution < 1.29 is 14.3 Å². The van der Waals surface area contributed by atoms with E-state index in [1.54, 1.807) is 48.4 Å². The van der Waals surface area contributed by atoms with Crippen LogP contribution in [0.25, 0.3) is 11.0 Å². The Morgan fingerprint density at radius 1 is 1.29 bits per heavy atom. The molecule has 1 saturated heterocycles. The fourth-order valence-electron chi connectivity index (χ4n) is 3.49. The fraction of sp³-hybridized carbons (Fsp3) is 0.286. The predicted molar refractivity (Wildman–Crippen MR) is 120 cm³/mol. The topological polar surface area (TPSA) is 99.3 Å². The van der Waals surface area contributed by atoms with Gasteiger partial charge in [-0.3, -0.25) is 9.69 Å². The van der Waals surface area contributed by atoms with Crippen LogP contribution in [0.15, 0.2) is 36.4 Å². The predicted octanol–water partition coefficient (Wildman–Crippen LogP) is 3.91. The van der Waals surface area contributed by atoms with Gasteiger partial charge in [0.2, 0.25) is 0 Å². The molecule has 1 atom stereocenters. The molecule has 10 heteroatoms. The van der Waals surface area contributed by atoms with Gasteiger partial charge in [-0.25, -0.2) is 9.78 Å². The molecule has 162 valence electrons. The number of rotatable bonds is 6. The number of amides is 3. The third-order valence-corrected chi connectivity index (χ3v) is 5.55. The van der Waals surface area contributed by atoms with Crippen LogP contribution in [0, 0.1) is 0 Å². The van der Waals surface area contributed by atoms with Crippen molar-refractivity contribution in [2.75, 3.05) is 31.7 Å². The molecule has 1 aromatic heterocycles. The van der Waals surface area contributed by atoms with Crippen LogP contribution >= 0.6 is 23.2 Å². The zero-order chi connectivity index (χ0) is 22.0. The highest BCUT2D eigenvalue weighted by atomic mass is 35.5. The summed E-state index contributed by atoms with van der Waals surface area (Å²) in [6.45, 7) is 1.43. The largest absolute Gasteiger partial charge is 0.382 e. The van der Waals surface area contributed by atoms with Gasteiger partial charge in [0.05, 0.1) is 28.4 Å². The molecule has 8 nitrogen and oxygen atoms in total. The number of ether oxygens (including phenoxy) is 1. The number of hydrogen-bond acceptors (Lipinski definition) is 4. The Morgan fingerprint density at radius 3 is 2.87 bits per heavy atom. The lowest BCUT2D eigenvalue weighted by atomic mass is 10.1. The van der Waals surface area contributed by atoms with E-state index < -0.39 is 6.04 Å². The Morgan fingerprint density at radius 2 is 2.13 bits per heavy atom. The molecule has 0 saturated carbocycles. The maximum Gasteiger partial charge on any atom is 0.321 e. The van der Waals surface area contributed by atoms with Crippen LogP contribution in [0.1, 0.15) is 28.6 Å². The van der Waals surface area contributed by atoms with Crippen molar-refractivity contribution in [2.45, 2.75) is 12.5 Å². The number of halogens is 2. The summed E-state index contributed by atoms with van der Waals surface area (Å²) in [5.41, 5.74) is 2.44. The van der Waals surface area contributed by atoms with Crippen LogP contribution in [0.3, 0.4) is 0 Å². The number of nitrogens with one attached hydrogen (secondary N) is 3. The summed E-state index contributed by atoms with van der Waals surface area (Å²) in [6.07, 6.45) is 0.825. The number of benzene rings is 2. The first kappa shape index (κ1) is 21.4. The summed E-state index contributed by atoms with van der Waals surface area (Å²) in [6, 6.07) is 9.50. The maximum atomic E-state index is 12.9. The van der Waals surface area contributed by atoms with Crippen molar-refractivity contribution in [3.63, 3.8) is 0 Å². The molecule has 0 aliphatic carbocycles. The molecule has 3 amide bonds. The van der Waals surface area contributed by atoms with Gasteiger partial charge < -0.3 is 20.4 Å². The Balaban J connectivity index is 1.54. The zero-order valence-electron chi connectivity index (χ0n) is 16.7. The number of hydrogen-bond donors (Lipinski definition) is 3. The number of anilines is 1. The molecule has 31 heavy (non-hydrogen) atoms. The van der Waals surface area contributed by atoms with E-state index in [9.17, 15) is 9.59 Å². The highest BCUT2D eigenvalue weighted by Gasteiger charge is 2.23. The van der Waals surface area contributed by atoms with E-state index in [1.807, 2.05) is 0 Å². The Kier molecular flexibility index (Phi) is 6.31. The van der Waals surface area contributed by atoms with Gasteiger partial charge in [0.1, 0.15) is 11.9 Å².